The van der Waals surface area contributed by atoms with Gasteiger partial charge in [-0.15, -0.1) is 5.10 Å². The molecule has 1 aromatic heterocycles. The van der Waals surface area contributed by atoms with Gasteiger partial charge in [-0.05, 0) is 59.7 Å². The first kappa shape index (κ1) is 17.2. The highest BCUT2D eigenvalue weighted by molar-refractivity contribution is 5.95. The monoisotopic (exact) mass is 362 g/mol. The molecule has 1 aliphatic rings. The van der Waals surface area contributed by atoms with Crippen LogP contribution in [-0.2, 0) is 0 Å². The second-order valence-corrected chi connectivity index (χ2v) is 6.87. The minimum atomic E-state index is 0.0468. The van der Waals surface area contributed by atoms with Crippen LogP contribution in [0.1, 0.15) is 21.5 Å². The lowest BCUT2D eigenvalue weighted by Crippen LogP contribution is -2.49. The molecular weight excluding hydrogens is 340 g/mol. The molecule has 2 aromatic carbocycles. The lowest BCUT2D eigenvalue weighted by Gasteiger charge is -2.37. The Morgan fingerprint density at radius 1 is 1.00 bits per heavy atom. The van der Waals surface area contributed by atoms with Gasteiger partial charge in [-0.2, -0.15) is 0 Å². The first-order valence-corrected chi connectivity index (χ1v) is 9.07. The van der Waals surface area contributed by atoms with Gasteiger partial charge < -0.3 is 9.80 Å². The van der Waals surface area contributed by atoms with E-state index in [0.29, 0.717) is 18.7 Å². The lowest BCUT2D eigenvalue weighted by atomic mass is 10.1. The fraction of sp³-hybridized carbons (Fsp3) is 0.300. The van der Waals surface area contributed by atoms with Crippen LogP contribution in [0, 0.1) is 13.8 Å². The molecule has 0 radical (unpaired) electrons. The van der Waals surface area contributed by atoms with E-state index in [-0.39, 0.29) is 5.91 Å². The number of aryl methyl sites for hydroxylation is 2. The maximum atomic E-state index is 12.9. The quantitative estimate of drug-likeness (QED) is 0.715. The predicted molar refractivity (Wildman–Crippen MR) is 103 cm³/mol. The van der Waals surface area contributed by atoms with E-state index in [4.69, 9.17) is 0 Å². The van der Waals surface area contributed by atoms with Crippen molar-refractivity contribution in [3.05, 3.63) is 65.5 Å². The summed E-state index contributed by atoms with van der Waals surface area (Å²) in [6.45, 7) is 7.34. The van der Waals surface area contributed by atoms with E-state index >= 15 is 0 Å². The van der Waals surface area contributed by atoms with Crippen LogP contribution in [0.4, 0.5) is 5.69 Å². The van der Waals surface area contributed by atoms with Gasteiger partial charge in [0.1, 0.15) is 6.33 Å². The summed E-state index contributed by atoms with van der Waals surface area (Å²) in [6.07, 6.45) is 1.52. The highest BCUT2D eigenvalue weighted by Gasteiger charge is 2.23. The first-order chi connectivity index (χ1) is 13.1. The molecule has 27 heavy (non-hydrogen) atoms. The summed E-state index contributed by atoms with van der Waals surface area (Å²) in [4.78, 5) is 17.2. The van der Waals surface area contributed by atoms with Crippen LogP contribution < -0.4 is 4.90 Å². The number of tetrazole rings is 1. The third-order valence-electron chi connectivity index (χ3n) is 4.98. The Hall–Kier alpha value is -3.22. The molecule has 3 aromatic rings. The predicted octanol–water partition coefficient (Wildman–Crippen LogP) is 2.24. The van der Waals surface area contributed by atoms with Gasteiger partial charge in [-0.1, -0.05) is 18.2 Å². The van der Waals surface area contributed by atoms with E-state index in [1.807, 2.05) is 29.2 Å². The number of carbonyl (C=O) groups excluding carboxylic acids is 1. The van der Waals surface area contributed by atoms with Crippen LogP contribution in [0.3, 0.4) is 0 Å². The van der Waals surface area contributed by atoms with Crippen molar-refractivity contribution in [1.29, 1.82) is 0 Å². The molecule has 1 aliphatic heterocycles. The van der Waals surface area contributed by atoms with Crippen molar-refractivity contribution in [1.82, 2.24) is 25.1 Å². The Morgan fingerprint density at radius 3 is 2.56 bits per heavy atom. The number of piperazine rings is 1. The Kier molecular flexibility index (Phi) is 4.58. The van der Waals surface area contributed by atoms with Crippen LogP contribution in [0.25, 0.3) is 5.69 Å². The third kappa shape index (κ3) is 3.53. The molecule has 138 valence electrons. The van der Waals surface area contributed by atoms with E-state index in [9.17, 15) is 4.79 Å². The third-order valence-corrected chi connectivity index (χ3v) is 4.98. The summed E-state index contributed by atoms with van der Waals surface area (Å²) in [6, 6.07) is 13.9. The van der Waals surface area contributed by atoms with Crippen molar-refractivity contribution in [3.8, 4) is 5.69 Å². The van der Waals surface area contributed by atoms with Crippen molar-refractivity contribution in [3.63, 3.8) is 0 Å². The van der Waals surface area contributed by atoms with Gasteiger partial charge in [0.25, 0.3) is 5.91 Å². The molecule has 1 amide bonds. The minimum absolute atomic E-state index is 0.0468. The van der Waals surface area contributed by atoms with Gasteiger partial charge in [0, 0.05) is 37.4 Å². The molecule has 1 fully saturated rings. The fourth-order valence-corrected chi connectivity index (χ4v) is 3.45. The summed E-state index contributed by atoms with van der Waals surface area (Å²) in [7, 11) is 0. The highest BCUT2D eigenvalue weighted by Crippen LogP contribution is 2.23. The number of anilines is 1. The molecule has 0 aliphatic carbocycles. The maximum Gasteiger partial charge on any atom is 0.254 e. The Labute approximate surface area is 158 Å². The number of hydrogen-bond acceptors (Lipinski definition) is 5. The molecule has 7 heteroatoms. The van der Waals surface area contributed by atoms with Crippen molar-refractivity contribution in [2.45, 2.75) is 13.8 Å². The second kappa shape index (κ2) is 7.19. The summed E-state index contributed by atoms with van der Waals surface area (Å²) >= 11 is 0. The fourth-order valence-electron chi connectivity index (χ4n) is 3.45. The van der Waals surface area contributed by atoms with Gasteiger partial charge in [-0.25, -0.2) is 4.68 Å². The van der Waals surface area contributed by atoms with Crippen molar-refractivity contribution >= 4 is 11.6 Å². The Bertz CT molecular complexity index is 945. The molecule has 7 nitrogen and oxygen atoms in total. The molecule has 2 heterocycles. The molecule has 1 saturated heterocycles. The zero-order valence-corrected chi connectivity index (χ0v) is 15.5. The van der Waals surface area contributed by atoms with E-state index in [1.54, 1.807) is 4.68 Å². The summed E-state index contributed by atoms with van der Waals surface area (Å²) in [5.41, 5.74) is 5.23. The summed E-state index contributed by atoms with van der Waals surface area (Å²) < 4.78 is 1.55. The minimum Gasteiger partial charge on any atom is -0.368 e. The molecule has 0 spiro atoms. The summed E-state index contributed by atoms with van der Waals surface area (Å²) in [5.74, 6) is 0.0468. The molecule has 0 N–H and O–H groups in total. The number of hydrogen-bond donors (Lipinski definition) is 0. The van der Waals surface area contributed by atoms with Crippen LogP contribution in [0.2, 0.25) is 0 Å². The van der Waals surface area contributed by atoms with Crippen LogP contribution in [0.15, 0.2) is 48.8 Å². The van der Waals surface area contributed by atoms with E-state index in [1.165, 1.54) is 23.1 Å². The van der Waals surface area contributed by atoms with Gasteiger partial charge in [0.15, 0.2) is 0 Å². The summed E-state index contributed by atoms with van der Waals surface area (Å²) in [5, 5.41) is 11.2. The topological polar surface area (TPSA) is 67.2 Å². The number of nitrogens with zero attached hydrogens (tertiary/aromatic N) is 6. The average Bonchev–Trinajstić information content (AvgIpc) is 3.24. The number of amides is 1. The smallest absolute Gasteiger partial charge is 0.254 e. The van der Waals surface area contributed by atoms with Crippen molar-refractivity contribution in [2.75, 3.05) is 31.1 Å². The maximum absolute atomic E-state index is 12.9. The van der Waals surface area contributed by atoms with Gasteiger partial charge in [0.2, 0.25) is 0 Å². The highest BCUT2D eigenvalue weighted by atomic mass is 16.2. The molecular formula is C20H22N6O. The van der Waals surface area contributed by atoms with Crippen LogP contribution in [-0.4, -0.2) is 57.2 Å². The van der Waals surface area contributed by atoms with Gasteiger partial charge in [-0.3, -0.25) is 4.79 Å². The van der Waals surface area contributed by atoms with Crippen LogP contribution >= 0.6 is 0 Å². The zero-order valence-electron chi connectivity index (χ0n) is 15.5. The van der Waals surface area contributed by atoms with Gasteiger partial charge in [0.05, 0.1) is 5.69 Å². The Morgan fingerprint density at radius 2 is 1.81 bits per heavy atom. The van der Waals surface area contributed by atoms with E-state index < -0.39 is 0 Å². The number of aromatic nitrogens is 4. The van der Waals surface area contributed by atoms with Crippen molar-refractivity contribution in [2.24, 2.45) is 0 Å². The molecule has 0 saturated carbocycles. The number of carbonyl (C=O) groups is 1. The van der Waals surface area contributed by atoms with E-state index in [0.717, 1.165) is 18.8 Å². The standard InChI is InChI=1S/C20H22N6O/c1-15-6-7-16(2)19(12-15)24-8-10-25(11-9-24)20(27)17-4-3-5-18(13-17)26-14-21-22-23-26/h3-7,12-14H,8-11H2,1-2H3. The average molecular weight is 362 g/mol. The largest absolute Gasteiger partial charge is 0.368 e. The van der Waals surface area contributed by atoms with E-state index in [2.05, 4.69) is 52.5 Å². The number of benzene rings is 2. The first-order valence-electron chi connectivity index (χ1n) is 9.07. The second-order valence-electron chi connectivity index (χ2n) is 6.87. The number of rotatable bonds is 3. The lowest BCUT2D eigenvalue weighted by molar-refractivity contribution is 0.0746. The molecule has 0 bridgehead atoms. The SMILES string of the molecule is Cc1ccc(C)c(N2CCN(C(=O)c3cccc(-n4cnnn4)c3)CC2)c1. The van der Waals surface area contributed by atoms with Gasteiger partial charge >= 0.3 is 0 Å². The molecule has 0 atom stereocenters. The zero-order chi connectivity index (χ0) is 18.8. The normalized spacial score (nSPS) is 14.4. The molecule has 4 rings (SSSR count). The van der Waals surface area contributed by atoms with Crippen molar-refractivity contribution < 1.29 is 4.79 Å². The van der Waals surface area contributed by atoms with Crippen LogP contribution in [0.5, 0.6) is 0 Å². The Balaban J connectivity index is 1.46. The molecule has 0 unspecified atom stereocenters.